The largest absolute Gasteiger partial charge is 0.300 e. The lowest BCUT2D eigenvalue weighted by atomic mass is 9.77. The lowest BCUT2D eigenvalue weighted by molar-refractivity contribution is 0.0454. The van der Waals surface area contributed by atoms with Gasteiger partial charge in [0.2, 0.25) is 0 Å². The molecule has 2 heteroatoms. The highest BCUT2D eigenvalue weighted by molar-refractivity contribution is 4.83. The summed E-state index contributed by atoms with van der Waals surface area (Å²) in [5.41, 5.74) is 0. The highest BCUT2D eigenvalue weighted by Crippen LogP contribution is 2.33. The lowest BCUT2D eigenvalue weighted by Gasteiger charge is -2.43. The standard InChI is InChI=1S/C18H36N2/c1-14(2)18-8-6-17(7-9-18)13-19-10-11-20(15(3)4)16(5)12-19/h14-18H,6-13H2,1-5H3/t16-,17?,18?/m1/s1. The molecule has 1 saturated carbocycles. The molecule has 0 aromatic rings. The van der Waals surface area contributed by atoms with Crippen molar-refractivity contribution >= 4 is 0 Å². The third-order valence-corrected chi connectivity index (χ3v) is 5.78. The first-order valence-corrected chi connectivity index (χ1v) is 8.95. The van der Waals surface area contributed by atoms with Gasteiger partial charge in [-0.15, -0.1) is 0 Å². The minimum atomic E-state index is 0.702. The zero-order chi connectivity index (χ0) is 14.7. The Labute approximate surface area is 126 Å². The van der Waals surface area contributed by atoms with Crippen LogP contribution in [0, 0.1) is 17.8 Å². The summed E-state index contributed by atoms with van der Waals surface area (Å²) in [7, 11) is 0. The Bertz CT molecular complexity index is 279. The van der Waals surface area contributed by atoms with Crippen molar-refractivity contribution in [3.05, 3.63) is 0 Å². The smallest absolute Gasteiger partial charge is 0.0198 e. The van der Waals surface area contributed by atoms with E-state index in [2.05, 4.69) is 44.4 Å². The van der Waals surface area contributed by atoms with Gasteiger partial charge in [-0.3, -0.25) is 4.90 Å². The number of rotatable bonds is 4. The lowest BCUT2D eigenvalue weighted by Crippen LogP contribution is -2.54. The molecule has 0 aromatic heterocycles. The predicted molar refractivity (Wildman–Crippen MR) is 88.0 cm³/mol. The van der Waals surface area contributed by atoms with Crippen LogP contribution in [0.15, 0.2) is 0 Å². The van der Waals surface area contributed by atoms with E-state index in [0.29, 0.717) is 6.04 Å². The second kappa shape index (κ2) is 7.26. The van der Waals surface area contributed by atoms with Crippen LogP contribution in [-0.2, 0) is 0 Å². The van der Waals surface area contributed by atoms with E-state index in [1.54, 1.807) is 0 Å². The van der Waals surface area contributed by atoms with Crippen LogP contribution in [0.3, 0.4) is 0 Å². The van der Waals surface area contributed by atoms with E-state index in [1.165, 1.54) is 51.9 Å². The van der Waals surface area contributed by atoms with Crippen molar-refractivity contribution in [3.63, 3.8) is 0 Å². The van der Waals surface area contributed by atoms with Crippen molar-refractivity contribution < 1.29 is 0 Å². The molecule has 0 unspecified atom stereocenters. The molecular weight excluding hydrogens is 244 g/mol. The maximum atomic E-state index is 2.74. The van der Waals surface area contributed by atoms with Crippen molar-refractivity contribution in [2.45, 2.75) is 72.4 Å². The van der Waals surface area contributed by atoms with Gasteiger partial charge in [0.05, 0.1) is 0 Å². The molecule has 2 nitrogen and oxygen atoms in total. The highest BCUT2D eigenvalue weighted by atomic mass is 15.3. The van der Waals surface area contributed by atoms with Crippen LogP contribution in [0.2, 0.25) is 0 Å². The van der Waals surface area contributed by atoms with Crippen LogP contribution >= 0.6 is 0 Å². The highest BCUT2D eigenvalue weighted by Gasteiger charge is 2.29. The molecular formula is C18H36N2. The summed E-state index contributed by atoms with van der Waals surface area (Å²) in [6, 6.07) is 1.43. The Morgan fingerprint density at radius 3 is 2.10 bits per heavy atom. The Balaban J connectivity index is 1.73. The average Bonchev–Trinajstić information content (AvgIpc) is 2.39. The summed E-state index contributed by atoms with van der Waals surface area (Å²) in [4.78, 5) is 5.40. The van der Waals surface area contributed by atoms with Gasteiger partial charge in [-0.25, -0.2) is 0 Å². The number of hydrogen-bond acceptors (Lipinski definition) is 2. The van der Waals surface area contributed by atoms with Gasteiger partial charge in [-0.1, -0.05) is 13.8 Å². The quantitative estimate of drug-likeness (QED) is 0.771. The van der Waals surface area contributed by atoms with Crippen molar-refractivity contribution in [2.75, 3.05) is 26.2 Å². The predicted octanol–water partition coefficient (Wildman–Crippen LogP) is 3.86. The summed E-state index contributed by atoms with van der Waals surface area (Å²) in [5, 5.41) is 0. The Morgan fingerprint density at radius 1 is 0.950 bits per heavy atom. The molecule has 0 radical (unpaired) electrons. The van der Waals surface area contributed by atoms with Gasteiger partial charge in [0, 0.05) is 38.3 Å². The summed E-state index contributed by atoms with van der Waals surface area (Å²) in [5.74, 6) is 2.87. The molecule has 20 heavy (non-hydrogen) atoms. The Hall–Kier alpha value is -0.0800. The molecule has 2 rings (SSSR count). The number of piperazine rings is 1. The maximum absolute atomic E-state index is 2.74. The fourth-order valence-corrected chi connectivity index (χ4v) is 4.38. The molecule has 2 fully saturated rings. The van der Waals surface area contributed by atoms with Crippen molar-refractivity contribution in [2.24, 2.45) is 17.8 Å². The molecule has 0 bridgehead atoms. The minimum absolute atomic E-state index is 0.702. The van der Waals surface area contributed by atoms with E-state index in [0.717, 1.165) is 23.8 Å². The molecule has 1 aliphatic heterocycles. The van der Waals surface area contributed by atoms with E-state index in [4.69, 9.17) is 0 Å². The minimum Gasteiger partial charge on any atom is -0.300 e. The molecule has 1 heterocycles. The third-order valence-electron chi connectivity index (χ3n) is 5.78. The second-order valence-corrected chi connectivity index (χ2v) is 7.96. The van der Waals surface area contributed by atoms with E-state index in [1.807, 2.05) is 0 Å². The molecule has 1 saturated heterocycles. The first-order valence-electron chi connectivity index (χ1n) is 8.95. The van der Waals surface area contributed by atoms with Crippen molar-refractivity contribution in [3.8, 4) is 0 Å². The Kier molecular flexibility index (Phi) is 5.92. The van der Waals surface area contributed by atoms with E-state index in [9.17, 15) is 0 Å². The molecule has 1 aliphatic carbocycles. The molecule has 0 aromatic carbocycles. The van der Waals surface area contributed by atoms with E-state index in [-0.39, 0.29) is 0 Å². The van der Waals surface area contributed by atoms with E-state index < -0.39 is 0 Å². The molecule has 2 aliphatic rings. The van der Waals surface area contributed by atoms with Crippen LogP contribution in [0.5, 0.6) is 0 Å². The monoisotopic (exact) mass is 280 g/mol. The SMILES string of the molecule is CC(C)C1CCC(CN2CCN(C(C)C)[C@H](C)C2)CC1. The number of hydrogen-bond donors (Lipinski definition) is 0. The summed E-state index contributed by atoms with van der Waals surface area (Å²) in [6.45, 7) is 17.1. The van der Waals surface area contributed by atoms with Crippen LogP contribution in [0.4, 0.5) is 0 Å². The van der Waals surface area contributed by atoms with Crippen LogP contribution in [0.25, 0.3) is 0 Å². The van der Waals surface area contributed by atoms with Crippen molar-refractivity contribution in [1.82, 2.24) is 9.80 Å². The van der Waals surface area contributed by atoms with Gasteiger partial charge in [0.15, 0.2) is 0 Å². The zero-order valence-corrected chi connectivity index (χ0v) is 14.4. The topological polar surface area (TPSA) is 6.48 Å². The first-order chi connectivity index (χ1) is 9.47. The molecule has 118 valence electrons. The van der Waals surface area contributed by atoms with Crippen LogP contribution in [0.1, 0.15) is 60.3 Å². The molecule has 0 N–H and O–H groups in total. The normalized spacial score (nSPS) is 34.0. The number of nitrogens with zero attached hydrogens (tertiary/aromatic N) is 2. The fourth-order valence-electron chi connectivity index (χ4n) is 4.38. The van der Waals surface area contributed by atoms with Crippen LogP contribution < -0.4 is 0 Å². The zero-order valence-electron chi connectivity index (χ0n) is 14.4. The van der Waals surface area contributed by atoms with Gasteiger partial charge < -0.3 is 4.90 Å². The maximum Gasteiger partial charge on any atom is 0.0198 e. The second-order valence-electron chi connectivity index (χ2n) is 7.96. The van der Waals surface area contributed by atoms with Gasteiger partial charge in [0.25, 0.3) is 0 Å². The van der Waals surface area contributed by atoms with E-state index >= 15 is 0 Å². The van der Waals surface area contributed by atoms with Gasteiger partial charge in [0.1, 0.15) is 0 Å². The molecule has 1 atom stereocenters. The van der Waals surface area contributed by atoms with Gasteiger partial charge in [-0.05, 0) is 64.2 Å². The molecule has 0 amide bonds. The Morgan fingerprint density at radius 2 is 1.60 bits per heavy atom. The van der Waals surface area contributed by atoms with Crippen LogP contribution in [-0.4, -0.2) is 48.1 Å². The average molecular weight is 281 g/mol. The van der Waals surface area contributed by atoms with Gasteiger partial charge in [-0.2, -0.15) is 0 Å². The summed E-state index contributed by atoms with van der Waals surface area (Å²) >= 11 is 0. The summed E-state index contributed by atoms with van der Waals surface area (Å²) in [6.07, 6.45) is 5.90. The summed E-state index contributed by atoms with van der Waals surface area (Å²) < 4.78 is 0. The first kappa shape index (κ1) is 16.3. The van der Waals surface area contributed by atoms with Crippen molar-refractivity contribution in [1.29, 1.82) is 0 Å². The fraction of sp³-hybridized carbons (Fsp3) is 1.00. The third kappa shape index (κ3) is 4.21. The van der Waals surface area contributed by atoms with Gasteiger partial charge >= 0.3 is 0 Å². The molecule has 0 spiro atoms.